The van der Waals surface area contributed by atoms with E-state index in [9.17, 15) is 14.9 Å². The number of hydrazone groups is 1. The van der Waals surface area contributed by atoms with E-state index < -0.39 is 11.1 Å². The molecule has 0 fully saturated rings. The minimum absolute atomic E-state index is 0.00612. The number of aryl methyl sites for hydroxylation is 1. The van der Waals surface area contributed by atoms with Gasteiger partial charge in [0.1, 0.15) is 5.70 Å². The van der Waals surface area contributed by atoms with Crippen LogP contribution in [0.5, 0.6) is 0 Å². The van der Waals surface area contributed by atoms with Crippen molar-refractivity contribution in [2.45, 2.75) is 18.8 Å². The van der Waals surface area contributed by atoms with Crippen LogP contribution < -0.4 is 15.9 Å². The first-order valence-electron chi connectivity index (χ1n) is 10.3. The number of nitro groups is 1. The van der Waals surface area contributed by atoms with Crippen molar-refractivity contribution in [2.24, 2.45) is 10.1 Å². The van der Waals surface area contributed by atoms with Gasteiger partial charge in [-0.15, -0.1) is 5.10 Å². The maximum absolute atomic E-state index is 13.2. The summed E-state index contributed by atoms with van der Waals surface area (Å²) in [5.74, 6) is 0.393. The molecule has 1 N–H and O–H groups in total. The first-order valence-corrected chi connectivity index (χ1v) is 11.3. The first-order chi connectivity index (χ1) is 16.0. The number of rotatable bonds is 4. The van der Waals surface area contributed by atoms with Crippen LogP contribution in [0.25, 0.3) is 5.70 Å². The highest BCUT2D eigenvalue weighted by atomic mass is 32.2. The summed E-state index contributed by atoms with van der Waals surface area (Å²) in [4.78, 5) is 28.6. The molecule has 0 radical (unpaired) electrons. The van der Waals surface area contributed by atoms with E-state index in [0.29, 0.717) is 32.8 Å². The average Bonchev–Trinajstić information content (AvgIpc) is 2.83. The Hall–Kier alpha value is -3.98. The number of carbonyl (C=O) groups excluding carboxylic acids is 1. The van der Waals surface area contributed by atoms with Crippen LogP contribution in [-0.2, 0) is 10.5 Å². The summed E-state index contributed by atoms with van der Waals surface area (Å²) in [6, 6.07) is 21.8. The second-order valence-electron chi connectivity index (χ2n) is 7.70. The molecule has 1 amide bonds. The molecule has 1 atom stereocenters. The van der Waals surface area contributed by atoms with E-state index in [-0.39, 0.29) is 11.6 Å². The number of nitrogens with zero attached hydrogens (tertiary/aromatic N) is 4. The van der Waals surface area contributed by atoms with Gasteiger partial charge in [-0.1, -0.05) is 59.8 Å². The van der Waals surface area contributed by atoms with E-state index in [1.54, 1.807) is 17.1 Å². The highest BCUT2D eigenvalue weighted by Gasteiger charge is 2.34. The Morgan fingerprint density at radius 3 is 2.52 bits per heavy atom. The number of fused-ring (bicyclic) bond motifs is 2. The van der Waals surface area contributed by atoms with Gasteiger partial charge in [-0.05, 0) is 36.2 Å². The van der Waals surface area contributed by atoms with Gasteiger partial charge in [-0.3, -0.25) is 25.2 Å². The minimum Gasteiger partial charge on any atom is -0.298 e. The maximum atomic E-state index is 13.2. The third-order valence-electron chi connectivity index (χ3n) is 5.41. The molecule has 2 aliphatic heterocycles. The summed E-state index contributed by atoms with van der Waals surface area (Å²) < 4.78 is 0. The van der Waals surface area contributed by atoms with E-state index in [1.165, 1.54) is 29.5 Å². The molecular formula is C24H19N5O3S. The predicted molar refractivity (Wildman–Crippen MR) is 126 cm³/mol. The molecule has 0 bridgehead atoms. The molecule has 0 saturated heterocycles. The lowest BCUT2D eigenvalue weighted by atomic mass is 10.1. The van der Waals surface area contributed by atoms with Crippen LogP contribution in [0.15, 0.2) is 82.9 Å². The van der Waals surface area contributed by atoms with E-state index >= 15 is 0 Å². The topological polar surface area (TPSA) is 100 Å². The van der Waals surface area contributed by atoms with E-state index in [1.807, 2.05) is 43.3 Å². The second-order valence-corrected chi connectivity index (χ2v) is 8.66. The molecule has 5 rings (SSSR count). The van der Waals surface area contributed by atoms with E-state index in [0.717, 1.165) is 5.56 Å². The Morgan fingerprint density at radius 1 is 1.06 bits per heavy atom. The van der Waals surface area contributed by atoms with E-state index in [2.05, 4.69) is 17.4 Å². The quantitative estimate of drug-likeness (QED) is 0.480. The fourth-order valence-corrected chi connectivity index (χ4v) is 4.52. The van der Waals surface area contributed by atoms with Crippen LogP contribution in [0, 0.1) is 17.0 Å². The summed E-state index contributed by atoms with van der Waals surface area (Å²) in [7, 11) is 0. The molecule has 0 spiro atoms. The molecular weight excluding hydrogens is 438 g/mol. The second kappa shape index (κ2) is 8.51. The third kappa shape index (κ3) is 4.10. The molecule has 8 nitrogen and oxygen atoms in total. The first kappa shape index (κ1) is 20.9. The smallest absolute Gasteiger partial charge is 0.276 e. The van der Waals surface area contributed by atoms with Gasteiger partial charge in [-0.25, -0.2) is 5.01 Å². The summed E-state index contributed by atoms with van der Waals surface area (Å²) in [6.45, 7) is 2.04. The van der Waals surface area contributed by atoms with Gasteiger partial charge < -0.3 is 0 Å². The van der Waals surface area contributed by atoms with Crippen molar-refractivity contribution >= 4 is 34.2 Å². The van der Waals surface area contributed by atoms with E-state index in [4.69, 9.17) is 10.1 Å². The van der Waals surface area contributed by atoms with Gasteiger partial charge in [0.25, 0.3) is 11.6 Å². The Labute approximate surface area is 193 Å². The standard InChI is InChI=1S/C24H19N5O3S/c1-15-6-8-16(9-7-15)14-33-24-26-23(30)21-19-4-2-3-5-20(19)25-22(28(21)27-24)17-10-12-18(13-11-17)29(31)32/h2-13,22H,14H2,1H3,(H,26,27,30)/t22-/m0/s1. The third-order valence-corrected chi connectivity index (χ3v) is 6.35. The fourth-order valence-electron chi connectivity index (χ4n) is 3.71. The van der Waals surface area contributed by atoms with Crippen LogP contribution in [0.2, 0.25) is 0 Å². The van der Waals surface area contributed by atoms with Crippen molar-refractivity contribution in [3.05, 3.63) is 110 Å². The molecule has 3 aromatic carbocycles. The van der Waals surface area contributed by atoms with Crippen LogP contribution in [0.4, 0.5) is 5.69 Å². The van der Waals surface area contributed by atoms with Gasteiger partial charge >= 0.3 is 0 Å². The number of thioether (sulfide) groups is 1. The number of nitrogens with one attached hydrogen (secondary N) is 1. The molecule has 0 saturated carbocycles. The predicted octanol–water partition coefficient (Wildman–Crippen LogP) is 2.98. The van der Waals surface area contributed by atoms with Crippen molar-refractivity contribution < 1.29 is 9.72 Å². The lowest BCUT2D eigenvalue weighted by molar-refractivity contribution is -0.384. The summed E-state index contributed by atoms with van der Waals surface area (Å²) in [5.41, 5.74) is 3.41. The number of nitro benzene ring substituents is 1. The molecule has 164 valence electrons. The Kier molecular flexibility index (Phi) is 5.39. The molecule has 0 aliphatic carbocycles. The van der Waals surface area contributed by atoms with Crippen molar-refractivity contribution in [1.29, 1.82) is 0 Å². The van der Waals surface area contributed by atoms with Crippen molar-refractivity contribution in [3.8, 4) is 0 Å². The van der Waals surface area contributed by atoms with Crippen LogP contribution in [-0.4, -0.2) is 21.0 Å². The van der Waals surface area contributed by atoms with Crippen molar-refractivity contribution in [1.82, 2.24) is 10.3 Å². The summed E-state index contributed by atoms with van der Waals surface area (Å²) in [6.07, 6.45) is -0.614. The Bertz CT molecular complexity index is 1400. The van der Waals surface area contributed by atoms with Crippen molar-refractivity contribution in [3.63, 3.8) is 0 Å². The zero-order valence-corrected chi connectivity index (χ0v) is 18.5. The number of carbonyl (C=O) groups is 1. The Morgan fingerprint density at radius 2 is 1.79 bits per heavy atom. The monoisotopic (exact) mass is 457 g/mol. The number of para-hydroxylation sites is 1. The molecule has 2 aliphatic rings. The van der Waals surface area contributed by atoms with Crippen molar-refractivity contribution in [2.75, 3.05) is 0 Å². The van der Waals surface area contributed by atoms with Gasteiger partial charge in [0, 0.05) is 23.1 Å². The van der Waals surface area contributed by atoms with Crippen LogP contribution >= 0.6 is 11.8 Å². The van der Waals surface area contributed by atoms with Crippen LogP contribution in [0.1, 0.15) is 22.9 Å². The molecule has 9 heteroatoms. The van der Waals surface area contributed by atoms with Gasteiger partial charge in [0.05, 0.1) is 10.3 Å². The number of hydrogen-bond donors (Lipinski definition) is 1. The molecule has 3 aromatic rings. The number of amides is 1. The highest BCUT2D eigenvalue weighted by Crippen LogP contribution is 2.32. The SMILES string of the molecule is Cc1ccc(CSC2=NN3C(=c4ccccc4=N[C@@H]3c3ccc([N+](=O)[O-])cc3)C(=O)N2)cc1. The van der Waals surface area contributed by atoms with Gasteiger partial charge in [0.2, 0.25) is 0 Å². The summed E-state index contributed by atoms with van der Waals surface area (Å²) >= 11 is 1.43. The maximum Gasteiger partial charge on any atom is 0.276 e. The van der Waals surface area contributed by atoms with Crippen LogP contribution in [0.3, 0.4) is 0 Å². The molecule has 0 aromatic heterocycles. The Balaban J connectivity index is 1.54. The number of hydrogen-bond acceptors (Lipinski definition) is 7. The zero-order valence-electron chi connectivity index (χ0n) is 17.6. The average molecular weight is 458 g/mol. The molecule has 2 heterocycles. The molecule has 0 unspecified atom stereocenters. The number of non-ortho nitro benzene ring substituents is 1. The lowest BCUT2D eigenvalue weighted by Crippen LogP contribution is -2.50. The lowest BCUT2D eigenvalue weighted by Gasteiger charge is -2.34. The normalized spacial score (nSPS) is 16.8. The highest BCUT2D eigenvalue weighted by molar-refractivity contribution is 8.13. The fraction of sp³-hybridized carbons (Fsp3) is 0.125. The molecule has 33 heavy (non-hydrogen) atoms. The van der Waals surface area contributed by atoms with Gasteiger partial charge in [0.15, 0.2) is 11.3 Å². The number of amidine groups is 1. The number of benzene rings is 3. The van der Waals surface area contributed by atoms with Gasteiger partial charge in [-0.2, -0.15) is 0 Å². The summed E-state index contributed by atoms with van der Waals surface area (Å²) in [5, 5.41) is 22.1. The zero-order chi connectivity index (χ0) is 22.9. The largest absolute Gasteiger partial charge is 0.298 e. The minimum atomic E-state index is -0.614.